The number of benzene rings is 1. The number of rotatable bonds is 3. The van der Waals surface area contributed by atoms with Crippen molar-refractivity contribution in [3.05, 3.63) is 46.0 Å². The highest BCUT2D eigenvalue weighted by atomic mass is 35.5. The zero-order valence-corrected chi connectivity index (χ0v) is 8.63. The summed E-state index contributed by atoms with van der Waals surface area (Å²) < 4.78 is 0. The van der Waals surface area contributed by atoms with E-state index in [4.69, 9.17) is 23.2 Å². The molecule has 0 aromatic heterocycles. The summed E-state index contributed by atoms with van der Waals surface area (Å²) in [6.45, 7) is 0. The average molecular weight is 232 g/mol. The number of hydrogen-bond acceptors (Lipinski definition) is 2. The van der Waals surface area contributed by atoms with E-state index >= 15 is 0 Å². The van der Waals surface area contributed by atoms with Crippen molar-refractivity contribution in [3.63, 3.8) is 0 Å². The lowest BCUT2D eigenvalue weighted by Gasteiger charge is -1.98. The molecule has 0 amide bonds. The van der Waals surface area contributed by atoms with Gasteiger partial charge >= 0.3 is 0 Å². The second-order valence-electron chi connectivity index (χ2n) is 2.51. The van der Waals surface area contributed by atoms with E-state index in [1.165, 1.54) is 12.1 Å². The quantitative estimate of drug-likeness (QED) is 0.455. The van der Waals surface area contributed by atoms with Crippen LogP contribution in [0.25, 0.3) is 5.03 Å². The summed E-state index contributed by atoms with van der Waals surface area (Å²) in [5, 5.41) is 10.9. The van der Waals surface area contributed by atoms with Crippen molar-refractivity contribution in [1.82, 2.24) is 0 Å². The molecule has 0 saturated carbocycles. The molecule has 0 aliphatic heterocycles. The molecule has 0 atom stereocenters. The standard InChI is InChI=1S/C9H7Cl2NO2/c10-5-4-9(11)7-2-1-3-8(6-7)12(13)14/h1-4,6H,5H2/b9-4-. The molecular weight excluding hydrogens is 225 g/mol. The van der Waals surface area contributed by atoms with Crippen LogP contribution in [-0.4, -0.2) is 10.8 Å². The average Bonchev–Trinajstić information content (AvgIpc) is 2.18. The minimum absolute atomic E-state index is 0.0172. The summed E-state index contributed by atoms with van der Waals surface area (Å²) in [5.74, 6) is 0.279. The summed E-state index contributed by atoms with van der Waals surface area (Å²) in [6, 6.07) is 6.09. The molecule has 1 rings (SSSR count). The topological polar surface area (TPSA) is 43.1 Å². The second-order valence-corrected chi connectivity index (χ2v) is 3.23. The molecule has 0 radical (unpaired) electrons. The highest BCUT2D eigenvalue weighted by molar-refractivity contribution is 6.49. The molecule has 0 saturated heterocycles. The number of nitro groups is 1. The van der Waals surface area contributed by atoms with Gasteiger partial charge in [0.2, 0.25) is 0 Å². The molecule has 1 aromatic rings. The van der Waals surface area contributed by atoms with E-state index in [0.29, 0.717) is 10.6 Å². The Kier molecular flexibility index (Phi) is 3.92. The minimum Gasteiger partial charge on any atom is -0.258 e. The van der Waals surface area contributed by atoms with Gasteiger partial charge in [0.05, 0.1) is 4.92 Å². The molecule has 0 aliphatic rings. The smallest absolute Gasteiger partial charge is 0.258 e. The fraction of sp³-hybridized carbons (Fsp3) is 0.111. The van der Waals surface area contributed by atoms with Crippen molar-refractivity contribution in [2.75, 3.05) is 5.88 Å². The van der Waals surface area contributed by atoms with Crippen molar-refractivity contribution in [3.8, 4) is 0 Å². The van der Waals surface area contributed by atoms with Gasteiger partial charge in [-0.3, -0.25) is 10.1 Å². The maximum atomic E-state index is 10.5. The zero-order valence-electron chi connectivity index (χ0n) is 7.11. The Morgan fingerprint density at radius 2 is 2.29 bits per heavy atom. The van der Waals surface area contributed by atoms with Gasteiger partial charge in [-0.05, 0) is 5.56 Å². The van der Waals surface area contributed by atoms with E-state index in [1.807, 2.05) is 0 Å². The second kappa shape index (κ2) is 4.98. The maximum absolute atomic E-state index is 10.5. The summed E-state index contributed by atoms with van der Waals surface area (Å²) in [6.07, 6.45) is 1.59. The molecule has 0 unspecified atom stereocenters. The van der Waals surface area contributed by atoms with Crippen LogP contribution in [0.4, 0.5) is 5.69 Å². The summed E-state index contributed by atoms with van der Waals surface area (Å²) in [5.41, 5.74) is 0.616. The fourth-order valence-electron chi connectivity index (χ4n) is 0.954. The van der Waals surface area contributed by atoms with Crippen LogP contribution in [0.3, 0.4) is 0 Å². The van der Waals surface area contributed by atoms with Gasteiger partial charge in [-0.2, -0.15) is 0 Å². The van der Waals surface area contributed by atoms with Gasteiger partial charge in [-0.25, -0.2) is 0 Å². The SMILES string of the molecule is O=[N+]([O-])c1cccc(/C(Cl)=C/CCl)c1. The zero-order chi connectivity index (χ0) is 10.6. The van der Waals surface area contributed by atoms with Crippen LogP contribution in [0.15, 0.2) is 30.3 Å². The van der Waals surface area contributed by atoms with E-state index in [9.17, 15) is 10.1 Å². The third kappa shape index (κ3) is 2.72. The molecule has 1 aromatic carbocycles. The fourth-order valence-corrected chi connectivity index (χ4v) is 1.38. The summed E-state index contributed by atoms with van der Waals surface area (Å²) >= 11 is 11.3. The number of halogens is 2. The minimum atomic E-state index is -0.464. The Morgan fingerprint density at radius 3 is 2.86 bits per heavy atom. The van der Waals surface area contributed by atoms with Gasteiger partial charge in [0.15, 0.2) is 0 Å². The van der Waals surface area contributed by atoms with Crippen molar-refractivity contribution >= 4 is 33.9 Å². The van der Waals surface area contributed by atoms with Crippen LogP contribution in [0, 0.1) is 10.1 Å². The molecule has 0 fully saturated rings. The monoisotopic (exact) mass is 231 g/mol. The number of alkyl halides is 1. The predicted octanol–water partition coefficient (Wildman–Crippen LogP) is 3.41. The molecule has 3 nitrogen and oxygen atoms in total. The number of hydrogen-bond donors (Lipinski definition) is 0. The summed E-state index contributed by atoms with van der Waals surface area (Å²) in [7, 11) is 0. The van der Waals surface area contributed by atoms with Crippen LogP contribution >= 0.6 is 23.2 Å². The lowest BCUT2D eigenvalue weighted by Crippen LogP contribution is -1.88. The number of allylic oxidation sites excluding steroid dienone is 1. The molecule has 0 aliphatic carbocycles. The van der Waals surface area contributed by atoms with Crippen LogP contribution in [0.5, 0.6) is 0 Å². The Balaban J connectivity index is 3.05. The van der Waals surface area contributed by atoms with Crippen molar-refractivity contribution in [2.45, 2.75) is 0 Å². The van der Waals surface area contributed by atoms with Gasteiger partial charge in [-0.1, -0.05) is 29.8 Å². The molecule has 74 valence electrons. The number of non-ortho nitro benzene ring substituents is 1. The van der Waals surface area contributed by atoms with Gasteiger partial charge in [0.1, 0.15) is 0 Å². The van der Waals surface area contributed by atoms with Crippen LogP contribution < -0.4 is 0 Å². The first-order valence-corrected chi connectivity index (χ1v) is 4.73. The largest absolute Gasteiger partial charge is 0.270 e. The predicted molar refractivity (Wildman–Crippen MR) is 57.6 cm³/mol. The van der Waals surface area contributed by atoms with E-state index in [-0.39, 0.29) is 11.6 Å². The first-order chi connectivity index (χ1) is 6.65. The highest BCUT2D eigenvalue weighted by Crippen LogP contribution is 2.22. The van der Waals surface area contributed by atoms with Gasteiger partial charge < -0.3 is 0 Å². The third-order valence-electron chi connectivity index (χ3n) is 1.59. The van der Waals surface area contributed by atoms with Crippen LogP contribution in [0.1, 0.15) is 5.56 Å². The highest BCUT2D eigenvalue weighted by Gasteiger charge is 2.06. The Labute approximate surface area is 91.1 Å². The van der Waals surface area contributed by atoms with Crippen LogP contribution in [-0.2, 0) is 0 Å². The van der Waals surface area contributed by atoms with E-state index in [1.54, 1.807) is 18.2 Å². The van der Waals surface area contributed by atoms with Crippen molar-refractivity contribution in [1.29, 1.82) is 0 Å². The molecule has 14 heavy (non-hydrogen) atoms. The Bertz CT molecular complexity index is 377. The molecular formula is C9H7Cl2NO2. The lowest BCUT2D eigenvalue weighted by atomic mass is 10.2. The maximum Gasteiger partial charge on any atom is 0.270 e. The van der Waals surface area contributed by atoms with Gasteiger partial charge in [0, 0.05) is 23.0 Å². The first kappa shape index (κ1) is 11.0. The molecule has 0 spiro atoms. The normalized spacial score (nSPS) is 11.4. The molecule has 0 bridgehead atoms. The van der Waals surface area contributed by atoms with Crippen molar-refractivity contribution in [2.24, 2.45) is 0 Å². The third-order valence-corrected chi connectivity index (χ3v) is 2.12. The Hall–Kier alpha value is -1.06. The van der Waals surface area contributed by atoms with Crippen LogP contribution in [0.2, 0.25) is 0 Å². The lowest BCUT2D eigenvalue weighted by molar-refractivity contribution is -0.384. The van der Waals surface area contributed by atoms with E-state index < -0.39 is 4.92 Å². The molecule has 0 N–H and O–H groups in total. The number of nitrogens with zero attached hydrogens (tertiary/aromatic N) is 1. The van der Waals surface area contributed by atoms with Gasteiger partial charge in [0.25, 0.3) is 5.69 Å². The van der Waals surface area contributed by atoms with Gasteiger partial charge in [-0.15, -0.1) is 11.6 Å². The first-order valence-electron chi connectivity index (χ1n) is 3.81. The summed E-state index contributed by atoms with van der Waals surface area (Å²) in [4.78, 5) is 9.99. The van der Waals surface area contributed by atoms with Crippen molar-refractivity contribution < 1.29 is 4.92 Å². The number of nitro benzene ring substituents is 1. The Morgan fingerprint density at radius 1 is 1.57 bits per heavy atom. The van der Waals surface area contributed by atoms with E-state index in [0.717, 1.165) is 0 Å². The molecule has 0 heterocycles. The van der Waals surface area contributed by atoms with E-state index in [2.05, 4.69) is 0 Å². The molecule has 5 heteroatoms.